The van der Waals surface area contributed by atoms with Gasteiger partial charge in [-0.15, -0.1) is 0 Å². The molecule has 7 nitrogen and oxygen atoms in total. The molecule has 25 heavy (non-hydrogen) atoms. The normalized spacial score (nSPS) is 13.1. The molecule has 0 aromatic heterocycles. The summed E-state index contributed by atoms with van der Waals surface area (Å²) in [6.45, 7) is 4.67. The predicted molar refractivity (Wildman–Crippen MR) is 96.9 cm³/mol. The van der Waals surface area contributed by atoms with E-state index in [0.29, 0.717) is 24.5 Å². The molecule has 2 aromatic carbocycles. The van der Waals surface area contributed by atoms with Crippen molar-refractivity contribution in [2.45, 2.75) is 26.2 Å². The molecular formula is C18H23N3O4. The molecule has 0 bridgehead atoms. The molecule has 0 heterocycles. The van der Waals surface area contributed by atoms with Crippen LogP contribution in [0.15, 0.2) is 48.5 Å². The van der Waals surface area contributed by atoms with Gasteiger partial charge in [0.05, 0.1) is 4.92 Å². The molecule has 2 aromatic rings. The van der Waals surface area contributed by atoms with Gasteiger partial charge in [0.2, 0.25) is 0 Å². The summed E-state index contributed by atoms with van der Waals surface area (Å²) in [4.78, 5) is 10.3. The molecule has 0 aliphatic heterocycles. The van der Waals surface area contributed by atoms with Gasteiger partial charge in [0.15, 0.2) is 6.23 Å². The molecular weight excluding hydrogens is 322 g/mol. The predicted octanol–water partition coefficient (Wildman–Crippen LogP) is 2.69. The first kappa shape index (κ1) is 18.7. The average Bonchev–Trinajstić information content (AvgIpc) is 2.57. The van der Waals surface area contributed by atoms with E-state index in [1.165, 1.54) is 12.1 Å². The molecule has 0 aliphatic rings. The third-order valence-electron chi connectivity index (χ3n) is 3.55. The summed E-state index contributed by atoms with van der Waals surface area (Å²) in [7, 11) is 0. The third kappa shape index (κ3) is 6.06. The van der Waals surface area contributed by atoms with Gasteiger partial charge in [-0.1, -0.05) is 18.2 Å². The number of nitro groups is 1. The van der Waals surface area contributed by atoms with Gasteiger partial charge in [-0.3, -0.25) is 15.4 Å². The van der Waals surface area contributed by atoms with Crippen LogP contribution in [0.4, 0.5) is 11.4 Å². The maximum Gasteiger partial charge on any atom is 0.271 e. The second kappa shape index (κ2) is 9.00. The SMILES string of the molecule is Cc1cccc(OC(NCCNc2cccc([N+](=O)[O-])c2)C(C)O)c1. The molecule has 134 valence electrons. The van der Waals surface area contributed by atoms with Crippen LogP contribution in [0.2, 0.25) is 0 Å². The van der Waals surface area contributed by atoms with Crippen molar-refractivity contribution in [1.29, 1.82) is 0 Å². The van der Waals surface area contributed by atoms with Crippen LogP contribution in [0, 0.1) is 17.0 Å². The number of anilines is 1. The number of non-ortho nitro benzene ring substituents is 1. The minimum Gasteiger partial charge on any atom is -0.473 e. The molecule has 3 N–H and O–H groups in total. The Morgan fingerprint density at radius 3 is 2.64 bits per heavy atom. The monoisotopic (exact) mass is 345 g/mol. The first-order valence-corrected chi connectivity index (χ1v) is 8.09. The Hall–Kier alpha value is -2.64. The van der Waals surface area contributed by atoms with E-state index in [0.717, 1.165) is 5.56 Å². The van der Waals surface area contributed by atoms with Gasteiger partial charge in [0.1, 0.15) is 11.9 Å². The minimum absolute atomic E-state index is 0.0441. The molecule has 7 heteroatoms. The molecule has 0 saturated heterocycles. The van der Waals surface area contributed by atoms with E-state index >= 15 is 0 Å². The Kier molecular flexibility index (Phi) is 6.73. The van der Waals surface area contributed by atoms with Crippen molar-refractivity contribution >= 4 is 11.4 Å². The van der Waals surface area contributed by atoms with Gasteiger partial charge < -0.3 is 15.2 Å². The van der Waals surface area contributed by atoms with Crippen LogP contribution in [-0.4, -0.2) is 35.5 Å². The van der Waals surface area contributed by atoms with E-state index in [1.807, 2.05) is 31.2 Å². The van der Waals surface area contributed by atoms with Crippen molar-refractivity contribution in [2.24, 2.45) is 0 Å². The van der Waals surface area contributed by atoms with Crippen LogP contribution < -0.4 is 15.4 Å². The molecule has 0 spiro atoms. The first-order valence-electron chi connectivity index (χ1n) is 8.09. The summed E-state index contributed by atoms with van der Waals surface area (Å²) in [6.07, 6.45) is -1.24. The van der Waals surface area contributed by atoms with Crippen molar-refractivity contribution in [1.82, 2.24) is 5.32 Å². The zero-order valence-corrected chi connectivity index (χ0v) is 14.3. The maximum atomic E-state index is 10.8. The van der Waals surface area contributed by atoms with Crippen LogP contribution in [0.3, 0.4) is 0 Å². The molecule has 0 saturated carbocycles. The number of aliphatic hydroxyl groups excluding tert-OH is 1. The first-order chi connectivity index (χ1) is 12.0. The van der Waals surface area contributed by atoms with E-state index in [9.17, 15) is 15.2 Å². The van der Waals surface area contributed by atoms with E-state index < -0.39 is 17.3 Å². The Labute approximate surface area is 146 Å². The molecule has 2 rings (SSSR count). The summed E-state index contributed by atoms with van der Waals surface area (Å²) in [6, 6.07) is 13.9. The Morgan fingerprint density at radius 2 is 1.96 bits per heavy atom. The van der Waals surface area contributed by atoms with Gasteiger partial charge >= 0.3 is 0 Å². The van der Waals surface area contributed by atoms with Crippen molar-refractivity contribution in [3.8, 4) is 5.75 Å². The van der Waals surface area contributed by atoms with E-state index in [2.05, 4.69) is 10.6 Å². The zero-order chi connectivity index (χ0) is 18.2. The summed E-state index contributed by atoms with van der Waals surface area (Å²) in [5.41, 5.74) is 1.79. The quantitative estimate of drug-likeness (QED) is 0.280. The lowest BCUT2D eigenvalue weighted by Gasteiger charge is -2.23. The van der Waals surface area contributed by atoms with Crippen LogP contribution in [0.1, 0.15) is 12.5 Å². The highest BCUT2D eigenvalue weighted by atomic mass is 16.6. The lowest BCUT2D eigenvalue weighted by atomic mass is 10.2. The Balaban J connectivity index is 1.83. The number of aryl methyl sites for hydroxylation is 1. The lowest BCUT2D eigenvalue weighted by molar-refractivity contribution is -0.384. The minimum atomic E-state index is -0.696. The van der Waals surface area contributed by atoms with E-state index in [1.54, 1.807) is 19.1 Å². The number of aliphatic hydroxyl groups is 1. The zero-order valence-electron chi connectivity index (χ0n) is 14.3. The van der Waals surface area contributed by atoms with Crippen LogP contribution in [-0.2, 0) is 0 Å². The van der Waals surface area contributed by atoms with Gasteiger partial charge in [-0.25, -0.2) is 0 Å². The molecule has 2 atom stereocenters. The van der Waals surface area contributed by atoms with Crippen LogP contribution in [0.5, 0.6) is 5.75 Å². The fourth-order valence-corrected chi connectivity index (χ4v) is 2.30. The maximum absolute atomic E-state index is 10.8. The summed E-state index contributed by atoms with van der Waals surface area (Å²) >= 11 is 0. The number of rotatable bonds is 9. The van der Waals surface area contributed by atoms with E-state index in [-0.39, 0.29) is 5.69 Å². The van der Waals surface area contributed by atoms with Gasteiger partial charge in [0.25, 0.3) is 5.69 Å². The second-order valence-electron chi connectivity index (χ2n) is 5.78. The number of nitro benzene ring substituents is 1. The third-order valence-corrected chi connectivity index (χ3v) is 3.55. The summed E-state index contributed by atoms with van der Waals surface area (Å²) < 4.78 is 5.78. The lowest BCUT2D eigenvalue weighted by Crippen LogP contribution is -2.44. The highest BCUT2D eigenvalue weighted by Gasteiger charge is 2.16. The average molecular weight is 345 g/mol. The van der Waals surface area contributed by atoms with Crippen molar-refractivity contribution in [3.63, 3.8) is 0 Å². The van der Waals surface area contributed by atoms with Gasteiger partial charge in [0, 0.05) is 30.9 Å². The fourth-order valence-electron chi connectivity index (χ4n) is 2.30. The fraction of sp³-hybridized carbons (Fsp3) is 0.333. The Bertz CT molecular complexity index is 706. The highest BCUT2D eigenvalue weighted by molar-refractivity contribution is 5.50. The topological polar surface area (TPSA) is 96.7 Å². The molecule has 0 amide bonds. The molecule has 2 unspecified atom stereocenters. The summed E-state index contributed by atoms with van der Waals surface area (Å²) in [5.74, 6) is 0.685. The number of ether oxygens (including phenoxy) is 1. The largest absolute Gasteiger partial charge is 0.473 e. The van der Waals surface area contributed by atoms with Gasteiger partial charge in [-0.2, -0.15) is 0 Å². The molecule has 0 fully saturated rings. The molecule has 0 radical (unpaired) electrons. The number of hydrogen-bond donors (Lipinski definition) is 3. The van der Waals surface area contributed by atoms with E-state index in [4.69, 9.17) is 4.74 Å². The smallest absolute Gasteiger partial charge is 0.271 e. The number of hydrogen-bond acceptors (Lipinski definition) is 6. The molecule has 0 aliphatic carbocycles. The second-order valence-corrected chi connectivity index (χ2v) is 5.78. The van der Waals surface area contributed by atoms with Gasteiger partial charge in [-0.05, 0) is 37.6 Å². The number of benzene rings is 2. The van der Waals surface area contributed by atoms with Crippen molar-refractivity contribution < 1.29 is 14.8 Å². The number of nitrogens with zero attached hydrogens (tertiary/aromatic N) is 1. The number of nitrogens with one attached hydrogen (secondary N) is 2. The Morgan fingerprint density at radius 1 is 1.20 bits per heavy atom. The van der Waals surface area contributed by atoms with Crippen molar-refractivity contribution in [3.05, 3.63) is 64.2 Å². The van der Waals surface area contributed by atoms with Crippen LogP contribution >= 0.6 is 0 Å². The van der Waals surface area contributed by atoms with Crippen molar-refractivity contribution in [2.75, 3.05) is 18.4 Å². The standard InChI is InChI=1S/C18H23N3O4/c1-13-5-3-8-17(11-13)25-18(14(2)22)20-10-9-19-15-6-4-7-16(12-15)21(23)24/h3-8,11-12,14,18-20,22H,9-10H2,1-2H3. The highest BCUT2D eigenvalue weighted by Crippen LogP contribution is 2.17. The van der Waals surface area contributed by atoms with Crippen LogP contribution in [0.25, 0.3) is 0 Å². The summed E-state index contributed by atoms with van der Waals surface area (Å²) in [5, 5.41) is 26.9.